The number of rotatable bonds is 7. The van der Waals surface area contributed by atoms with Crippen LogP contribution in [0.4, 0.5) is 5.69 Å². The van der Waals surface area contributed by atoms with Crippen molar-refractivity contribution in [2.24, 2.45) is 5.41 Å². The summed E-state index contributed by atoms with van der Waals surface area (Å²) in [6.07, 6.45) is 0. The molecule has 2 heterocycles. The van der Waals surface area contributed by atoms with Gasteiger partial charge in [-0.2, -0.15) is 0 Å². The summed E-state index contributed by atoms with van der Waals surface area (Å²) in [6.45, 7) is 3.23. The molecule has 1 N–H and O–H groups in total. The Morgan fingerprint density at radius 3 is 1.75 bits per heavy atom. The molecule has 2 fully saturated rings. The van der Waals surface area contributed by atoms with Crippen LogP contribution in [0.25, 0.3) is 0 Å². The van der Waals surface area contributed by atoms with Gasteiger partial charge in [0.15, 0.2) is 5.78 Å². The van der Waals surface area contributed by atoms with Crippen LogP contribution >= 0.6 is 0 Å². The summed E-state index contributed by atoms with van der Waals surface area (Å²) in [5.74, 6) is -0.540. The smallest absolute Gasteiger partial charge is 0.270 e. The highest BCUT2D eigenvalue weighted by Crippen LogP contribution is 2.34. The number of nitro groups is 1. The molecule has 0 unspecified atom stereocenters. The Morgan fingerprint density at radius 1 is 0.825 bits per heavy atom. The number of non-ortho nitro benzene ring substituents is 1. The molecule has 40 heavy (non-hydrogen) atoms. The molecule has 0 saturated carbocycles. The van der Waals surface area contributed by atoms with Gasteiger partial charge < -0.3 is 4.90 Å². The number of sulfonamides is 2. The van der Waals surface area contributed by atoms with E-state index in [9.17, 15) is 31.7 Å². The largest absolute Gasteiger partial charge is 0.307 e. The Bertz CT molecular complexity index is 1600. The van der Waals surface area contributed by atoms with Crippen molar-refractivity contribution in [2.45, 2.75) is 23.6 Å². The fourth-order valence-corrected chi connectivity index (χ4v) is 8.53. The zero-order chi connectivity index (χ0) is 28.9. The topological polar surface area (TPSA) is 139 Å². The first-order chi connectivity index (χ1) is 18.8. The number of hydrogen-bond acceptors (Lipinski definition) is 7. The van der Waals surface area contributed by atoms with Crippen LogP contribution in [0.15, 0.2) is 82.6 Å². The quantitative estimate of drug-likeness (QED) is 0.252. The maximum absolute atomic E-state index is 14.1. The van der Waals surface area contributed by atoms with Crippen molar-refractivity contribution in [3.05, 3.63) is 99.6 Å². The van der Waals surface area contributed by atoms with Gasteiger partial charge in [-0.15, -0.1) is 8.61 Å². The minimum Gasteiger partial charge on any atom is -0.307 e. The van der Waals surface area contributed by atoms with Gasteiger partial charge in [0.1, 0.15) is 18.8 Å². The third-order valence-corrected chi connectivity index (χ3v) is 11.1. The van der Waals surface area contributed by atoms with Crippen LogP contribution in [0.1, 0.15) is 21.5 Å². The normalized spacial score (nSPS) is 22.1. The van der Waals surface area contributed by atoms with Crippen molar-refractivity contribution in [2.75, 3.05) is 33.0 Å². The number of nitrogens with zero attached hydrogens (tertiary/aromatic N) is 3. The van der Waals surface area contributed by atoms with Crippen LogP contribution in [0.3, 0.4) is 0 Å². The van der Waals surface area contributed by atoms with E-state index in [1.54, 1.807) is 24.3 Å². The number of hydrogen-bond donors (Lipinski definition) is 1. The van der Waals surface area contributed by atoms with Crippen LogP contribution in [-0.2, 0) is 20.0 Å². The van der Waals surface area contributed by atoms with Gasteiger partial charge in [0.2, 0.25) is 20.0 Å². The van der Waals surface area contributed by atoms with Crippen LogP contribution in [0.5, 0.6) is 0 Å². The van der Waals surface area contributed by atoms with Crippen LogP contribution in [-0.4, -0.2) is 69.1 Å². The number of carbonyl (C=O) groups is 1. The predicted octanol–water partition coefficient (Wildman–Crippen LogP) is 1.59. The molecule has 2 saturated heterocycles. The second kappa shape index (κ2) is 10.2. The Kier molecular flexibility index (Phi) is 7.13. The molecule has 2 aliphatic rings. The molecule has 2 bridgehead atoms. The lowest BCUT2D eigenvalue weighted by Crippen LogP contribution is -3.20. The van der Waals surface area contributed by atoms with Gasteiger partial charge >= 0.3 is 0 Å². The number of quaternary nitrogens is 1. The molecule has 0 aromatic heterocycles. The number of fused-ring (bicyclic) bond motifs is 2. The van der Waals surface area contributed by atoms with Crippen molar-refractivity contribution in [3.63, 3.8) is 0 Å². The Morgan fingerprint density at radius 2 is 1.30 bits per heavy atom. The highest BCUT2D eigenvalue weighted by atomic mass is 32.2. The van der Waals surface area contributed by atoms with Crippen molar-refractivity contribution in [1.29, 1.82) is 0 Å². The molecule has 0 radical (unpaired) electrons. The fourth-order valence-electron chi connectivity index (χ4n) is 5.44. The molecule has 11 nitrogen and oxygen atoms in total. The summed E-state index contributed by atoms with van der Waals surface area (Å²) in [5.41, 5.74) is 0.0385. The molecule has 0 spiro atoms. The van der Waals surface area contributed by atoms with Gasteiger partial charge in [-0.1, -0.05) is 47.5 Å². The number of ketones is 1. The lowest BCUT2D eigenvalue weighted by atomic mass is 9.77. The van der Waals surface area contributed by atoms with E-state index in [4.69, 9.17) is 0 Å². The molecular formula is C27H29N4O7S2+. The zero-order valence-electron chi connectivity index (χ0n) is 22.0. The molecule has 5 rings (SSSR count). The fraction of sp³-hybridized carbons (Fsp3) is 0.296. The number of aryl methyl sites for hydroxylation is 2. The van der Waals surface area contributed by atoms with Crippen LogP contribution in [0.2, 0.25) is 0 Å². The summed E-state index contributed by atoms with van der Waals surface area (Å²) >= 11 is 0. The first kappa shape index (κ1) is 28.1. The van der Waals surface area contributed by atoms with E-state index in [-0.39, 0.29) is 54.0 Å². The summed E-state index contributed by atoms with van der Waals surface area (Å²) in [4.78, 5) is 25.6. The number of nitrogens with one attached hydrogen (secondary N) is 1. The molecule has 0 aliphatic carbocycles. The van der Waals surface area contributed by atoms with Crippen LogP contribution < -0.4 is 4.90 Å². The summed E-state index contributed by atoms with van der Waals surface area (Å²) < 4.78 is 57.2. The maximum atomic E-state index is 14.1. The van der Waals surface area contributed by atoms with E-state index >= 15 is 0 Å². The Labute approximate surface area is 232 Å². The Hall–Kier alpha value is -3.49. The van der Waals surface area contributed by atoms with Gasteiger partial charge in [-0.3, -0.25) is 14.9 Å². The molecular weight excluding hydrogens is 556 g/mol. The van der Waals surface area contributed by atoms with Gasteiger partial charge in [0.05, 0.1) is 21.3 Å². The van der Waals surface area contributed by atoms with E-state index in [1.165, 1.54) is 51.1 Å². The lowest BCUT2D eigenvalue weighted by molar-refractivity contribution is -0.934. The summed E-state index contributed by atoms with van der Waals surface area (Å²) in [7, 11) is -8.04. The van der Waals surface area contributed by atoms with E-state index in [0.717, 1.165) is 17.2 Å². The van der Waals surface area contributed by atoms with Crippen LogP contribution in [0, 0.1) is 29.4 Å². The zero-order valence-corrected chi connectivity index (χ0v) is 23.6. The van der Waals surface area contributed by atoms with E-state index in [0.29, 0.717) is 4.90 Å². The van der Waals surface area contributed by atoms with Crippen molar-refractivity contribution in [3.8, 4) is 0 Å². The number of nitro benzene ring substituents is 1. The standard InChI is InChI=1S/C27H28N4O7S2/c1-20-6-10-24(11-7-20)39(35,36)29-16-27(26(32)22-4-3-5-23(14-22)31(33)34)15-28(18-29)19-30(17-27)40(37,38)25-12-8-21(2)9-13-25/h3-14H,15-19H2,1-2H3/p+1. The monoisotopic (exact) mass is 585 g/mol. The van der Waals surface area contributed by atoms with E-state index < -0.39 is 36.2 Å². The first-order valence-electron chi connectivity index (χ1n) is 12.6. The minimum atomic E-state index is -4.02. The number of carbonyl (C=O) groups excluding carboxylic acids is 1. The Balaban J connectivity index is 1.58. The van der Waals surface area contributed by atoms with E-state index in [1.807, 2.05) is 13.8 Å². The maximum Gasteiger partial charge on any atom is 0.270 e. The highest BCUT2D eigenvalue weighted by molar-refractivity contribution is 7.89. The first-order valence-corrected chi connectivity index (χ1v) is 15.5. The van der Waals surface area contributed by atoms with Gasteiger partial charge in [0.25, 0.3) is 5.69 Å². The number of benzene rings is 3. The molecule has 210 valence electrons. The second-order valence-electron chi connectivity index (χ2n) is 10.5. The molecule has 13 heteroatoms. The summed E-state index contributed by atoms with van der Waals surface area (Å²) in [5, 5.41) is 11.4. The molecule has 3 aromatic rings. The van der Waals surface area contributed by atoms with Gasteiger partial charge in [0, 0.05) is 30.8 Å². The predicted molar refractivity (Wildman–Crippen MR) is 146 cm³/mol. The average Bonchev–Trinajstić information content (AvgIpc) is 2.92. The van der Waals surface area contributed by atoms with Crippen molar-refractivity contribution in [1.82, 2.24) is 8.61 Å². The van der Waals surface area contributed by atoms with E-state index in [2.05, 4.69) is 0 Å². The highest BCUT2D eigenvalue weighted by Gasteiger charge is 2.56. The SMILES string of the molecule is Cc1ccc(S(=O)(=O)N2C[NH+]3CN(S(=O)(=O)c4ccc(C)cc4)CC(C(=O)c4cccc([N+](=O)[O-])c4)(C2)C3)cc1. The summed E-state index contributed by atoms with van der Waals surface area (Å²) in [6, 6.07) is 18.0. The van der Waals surface area contributed by atoms with Crippen molar-refractivity contribution < 1.29 is 31.5 Å². The molecule has 2 aliphatic heterocycles. The molecule has 3 aromatic carbocycles. The number of Topliss-reactive ketones (excluding diaryl/α,β-unsaturated/α-hetero) is 1. The lowest BCUT2D eigenvalue weighted by Gasteiger charge is -2.49. The second-order valence-corrected chi connectivity index (χ2v) is 14.4. The third kappa shape index (κ3) is 5.06. The van der Waals surface area contributed by atoms with Crippen molar-refractivity contribution >= 4 is 31.5 Å². The average molecular weight is 586 g/mol. The molecule has 0 atom stereocenters. The van der Waals surface area contributed by atoms with Gasteiger partial charge in [-0.25, -0.2) is 16.8 Å². The van der Waals surface area contributed by atoms with Gasteiger partial charge in [-0.05, 0) is 38.1 Å². The minimum absolute atomic E-state index is 0.0257. The molecule has 0 amide bonds. The third-order valence-electron chi connectivity index (χ3n) is 7.46.